The molecule has 2 aromatic rings. The van der Waals surface area contributed by atoms with Crippen molar-refractivity contribution in [3.8, 4) is 0 Å². The van der Waals surface area contributed by atoms with Gasteiger partial charge in [0.15, 0.2) is 5.03 Å². The molecule has 9 heteroatoms. The highest BCUT2D eigenvalue weighted by Crippen LogP contribution is 2.20. The van der Waals surface area contributed by atoms with E-state index in [9.17, 15) is 18.0 Å². The van der Waals surface area contributed by atoms with Crippen molar-refractivity contribution in [3.63, 3.8) is 0 Å². The van der Waals surface area contributed by atoms with E-state index in [0.717, 1.165) is 11.1 Å². The zero-order chi connectivity index (χ0) is 20.1. The van der Waals surface area contributed by atoms with Gasteiger partial charge in [0.05, 0.1) is 0 Å². The third-order valence-electron chi connectivity index (χ3n) is 4.39. The van der Waals surface area contributed by atoms with Crippen LogP contribution >= 0.6 is 0 Å². The molecule has 28 heavy (non-hydrogen) atoms. The Hall–Kier alpha value is -2.94. The summed E-state index contributed by atoms with van der Waals surface area (Å²) >= 11 is 0. The van der Waals surface area contributed by atoms with Crippen molar-refractivity contribution in [2.75, 3.05) is 6.54 Å². The molecule has 1 fully saturated rings. The van der Waals surface area contributed by atoms with Gasteiger partial charge in [-0.2, -0.15) is 8.42 Å². The number of hydrogen-bond donors (Lipinski definition) is 1. The topological polar surface area (TPSA) is 106 Å². The van der Waals surface area contributed by atoms with E-state index >= 15 is 0 Å². The molecule has 1 aromatic heterocycles. The number of ether oxygens (including phenoxy) is 1. The highest BCUT2D eigenvalue weighted by atomic mass is 32.2. The predicted octanol–water partition coefficient (Wildman–Crippen LogP) is 2.00. The van der Waals surface area contributed by atoms with Gasteiger partial charge in [-0.05, 0) is 37.0 Å². The number of benzene rings is 1. The quantitative estimate of drug-likeness (QED) is 0.819. The molecule has 1 aliphatic heterocycles. The largest absolute Gasteiger partial charge is 0.445 e. The van der Waals surface area contributed by atoms with Crippen LogP contribution < -0.4 is 4.72 Å². The molecule has 1 saturated heterocycles. The van der Waals surface area contributed by atoms with E-state index in [4.69, 9.17) is 4.74 Å². The normalized spacial score (nSPS) is 16.6. The second-order valence-corrected chi connectivity index (χ2v) is 8.16. The van der Waals surface area contributed by atoms with Crippen LogP contribution in [0.2, 0.25) is 0 Å². The fourth-order valence-electron chi connectivity index (χ4n) is 2.93. The van der Waals surface area contributed by atoms with Gasteiger partial charge in [-0.3, -0.25) is 9.69 Å². The summed E-state index contributed by atoms with van der Waals surface area (Å²) in [4.78, 5) is 30.0. The van der Waals surface area contributed by atoms with Gasteiger partial charge in [0.1, 0.15) is 12.6 Å². The third kappa shape index (κ3) is 4.66. The maximum Gasteiger partial charge on any atom is 0.410 e. The molecular weight excluding hydrogens is 382 g/mol. The first kappa shape index (κ1) is 19.8. The summed E-state index contributed by atoms with van der Waals surface area (Å²) in [5.41, 5.74) is 1.62. The van der Waals surface area contributed by atoms with E-state index in [1.165, 1.54) is 17.2 Å². The Bertz CT molecular complexity index is 945. The number of hydrogen-bond acceptors (Lipinski definition) is 6. The fourth-order valence-corrected chi connectivity index (χ4v) is 3.87. The Morgan fingerprint density at radius 1 is 1.21 bits per heavy atom. The number of sulfonamides is 1. The van der Waals surface area contributed by atoms with Crippen LogP contribution in [-0.4, -0.2) is 42.9 Å². The Balaban J connectivity index is 1.63. The SMILES string of the molecule is Cc1ccc(S(=O)(=O)NC(=O)[C@@H]2CCCN2C(=O)OCc2ccccc2)nc1. The summed E-state index contributed by atoms with van der Waals surface area (Å²) < 4.78 is 32.0. The van der Waals surface area contributed by atoms with Gasteiger partial charge in [-0.1, -0.05) is 36.4 Å². The molecule has 1 aromatic carbocycles. The van der Waals surface area contributed by atoms with Gasteiger partial charge in [-0.15, -0.1) is 0 Å². The lowest BCUT2D eigenvalue weighted by atomic mass is 10.2. The van der Waals surface area contributed by atoms with Gasteiger partial charge in [-0.25, -0.2) is 14.5 Å². The van der Waals surface area contributed by atoms with Gasteiger partial charge in [0.25, 0.3) is 15.9 Å². The number of carbonyl (C=O) groups is 2. The molecule has 2 heterocycles. The van der Waals surface area contributed by atoms with Crippen LogP contribution in [0.15, 0.2) is 53.7 Å². The summed E-state index contributed by atoms with van der Waals surface area (Å²) in [6.45, 7) is 2.18. The van der Waals surface area contributed by atoms with Crippen molar-refractivity contribution >= 4 is 22.0 Å². The summed E-state index contributed by atoms with van der Waals surface area (Å²) in [5, 5.41) is -0.248. The lowest BCUT2D eigenvalue weighted by Crippen LogP contribution is -2.47. The first-order chi connectivity index (χ1) is 13.4. The maximum absolute atomic E-state index is 12.5. The Kier molecular flexibility index (Phi) is 5.93. The van der Waals surface area contributed by atoms with Crippen molar-refractivity contribution in [2.45, 2.75) is 37.4 Å². The van der Waals surface area contributed by atoms with Crippen LogP contribution in [0, 0.1) is 6.92 Å². The van der Waals surface area contributed by atoms with Crippen molar-refractivity contribution in [2.24, 2.45) is 0 Å². The lowest BCUT2D eigenvalue weighted by molar-refractivity contribution is -0.123. The average Bonchev–Trinajstić information content (AvgIpc) is 3.17. The average molecular weight is 403 g/mol. The lowest BCUT2D eigenvalue weighted by Gasteiger charge is -2.23. The number of amides is 2. The minimum Gasteiger partial charge on any atom is -0.445 e. The molecule has 0 unspecified atom stereocenters. The van der Waals surface area contributed by atoms with E-state index in [2.05, 4.69) is 4.98 Å². The molecule has 0 saturated carbocycles. The van der Waals surface area contributed by atoms with Gasteiger partial charge < -0.3 is 4.74 Å². The summed E-state index contributed by atoms with van der Waals surface area (Å²) in [6.07, 6.45) is 1.71. The molecule has 0 bridgehead atoms. The van der Waals surface area contributed by atoms with E-state index in [1.807, 2.05) is 35.1 Å². The first-order valence-electron chi connectivity index (χ1n) is 8.83. The van der Waals surface area contributed by atoms with E-state index in [1.54, 1.807) is 13.0 Å². The third-order valence-corrected chi connectivity index (χ3v) is 5.65. The number of nitrogens with one attached hydrogen (secondary N) is 1. The second kappa shape index (κ2) is 8.39. The fraction of sp³-hybridized carbons (Fsp3) is 0.316. The Morgan fingerprint density at radius 2 is 1.96 bits per heavy atom. The molecule has 1 aliphatic rings. The smallest absolute Gasteiger partial charge is 0.410 e. The molecule has 2 amide bonds. The number of carbonyl (C=O) groups excluding carboxylic acids is 2. The molecule has 0 radical (unpaired) electrons. The highest BCUT2D eigenvalue weighted by Gasteiger charge is 2.37. The summed E-state index contributed by atoms with van der Waals surface area (Å²) in [5.74, 6) is -0.767. The highest BCUT2D eigenvalue weighted by molar-refractivity contribution is 7.90. The molecule has 3 rings (SSSR count). The molecule has 0 spiro atoms. The number of rotatable bonds is 5. The molecule has 8 nitrogen and oxygen atoms in total. The molecular formula is C19H21N3O5S. The predicted molar refractivity (Wildman–Crippen MR) is 101 cm³/mol. The Labute approximate surface area is 163 Å². The van der Waals surface area contributed by atoms with Crippen LogP contribution in [0.5, 0.6) is 0 Å². The summed E-state index contributed by atoms with van der Waals surface area (Å²) in [6, 6.07) is 11.2. The maximum atomic E-state index is 12.5. The van der Waals surface area contributed by atoms with Crippen LogP contribution in [-0.2, 0) is 26.2 Å². The number of aryl methyl sites for hydroxylation is 1. The molecule has 1 atom stereocenters. The minimum absolute atomic E-state index is 0.0795. The van der Waals surface area contributed by atoms with Crippen LogP contribution in [0.1, 0.15) is 24.0 Å². The van der Waals surface area contributed by atoms with Gasteiger partial charge in [0.2, 0.25) is 0 Å². The number of pyridine rings is 1. The van der Waals surface area contributed by atoms with Crippen LogP contribution in [0.4, 0.5) is 4.79 Å². The van der Waals surface area contributed by atoms with Gasteiger partial charge >= 0.3 is 6.09 Å². The Morgan fingerprint density at radius 3 is 2.64 bits per heavy atom. The second-order valence-electron chi connectivity index (χ2n) is 6.54. The minimum atomic E-state index is -4.11. The number of likely N-dealkylation sites (tertiary alicyclic amines) is 1. The molecule has 0 aliphatic carbocycles. The van der Waals surface area contributed by atoms with E-state index in [-0.39, 0.29) is 11.6 Å². The number of nitrogens with zero attached hydrogens (tertiary/aromatic N) is 2. The van der Waals surface area contributed by atoms with Crippen molar-refractivity contribution < 1.29 is 22.7 Å². The van der Waals surface area contributed by atoms with Crippen molar-refractivity contribution in [1.29, 1.82) is 0 Å². The monoisotopic (exact) mass is 403 g/mol. The standard InChI is InChI=1S/C19H21N3O5S/c1-14-9-10-17(20-12-14)28(25,26)21-18(23)16-8-5-11-22(16)19(24)27-13-15-6-3-2-4-7-15/h2-4,6-7,9-10,12,16H,5,8,11,13H2,1H3,(H,21,23)/t16-/m0/s1. The van der Waals surface area contributed by atoms with Crippen LogP contribution in [0.25, 0.3) is 0 Å². The zero-order valence-electron chi connectivity index (χ0n) is 15.4. The van der Waals surface area contributed by atoms with Crippen LogP contribution in [0.3, 0.4) is 0 Å². The first-order valence-corrected chi connectivity index (χ1v) is 10.3. The zero-order valence-corrected chi connectivity index (χ0v) is 16.2. The van der Waals surface area contributed by atoms with Crippen molar-refractivity contribution in [3.05, 3.63) is 59.8 Å². The molecule has 1 N–H and O–H groups in total. The van der Waals surface area contributed by atoms with Gasteiger partial charge in [0, 0.05) is 12.7 Å². The molecule has 148 valence electrons. The van der Waals surface area contributed by atoms with Crippen molar-refractivity contribution in [1.82, 2.24) is 14.6 Å². The summed E-state index contributed by atoms with van der Waals surface area (Å²) in [7, 11) is -4.11. The number of aromatic nitrogens is 1. The van der Waals surface area contributed by atoms with E-state index in [0.29, 0.717) is 19.4 Å². The van der Waals surface area contributed by atoms with E-state index < -0.39 is 28.1 Å².